The van der Waals surface area contributed by atoms with Crippen molar-refractivity contribution in [1.29, 1.82) is 0 Å². The van der Waals surface area contributed by atoms with Crippen molar-refractivity contribution in [1.82, 2.24) is 9.55 Å². The molecule has 8 nitrogen and oxygen atoms in total. The zero-order chi connectivity index (χ0) is 24.2. The fraction of sp³-hybridized carbons (Fsp3) is 0.560. The Morgan fingerprint density at radius 1 is 1.03 bits per heavy atom. The lowest BCUT2D eigenvalue weighted by Gasteiger charge is -2.39. The second-order valence-corrected chi connectivity index (χ2v) is 10.0. The molecule has 2 aromatic rings. The SMILES string of the molecule is O=C(Cn1cc(N2CCC3(CC3)C(F)(F)C2)cnc1=O)N1CCc2c(N3CCOCC3)cccc21. The predicted octanol–water partition coefficient (Wildman–Crippen LogP) is 2.29. The van der Waals surface area contributed by atoms with Gasteiger partial charge in [0, 0.05) is 54.7 Å². The number of carbonyl (C=O) groups is 1. The first-order valence-corrected chi connectivity index (χ1v) is 12.3. The molecular weight excluding hydrogens is 456 g/mol. The number of benzene rings is 1. The van der Waals surface area contributed by atoms with Gasteiger partial charge in [-0.3, -0.25) is 9.36 Å². The molecule has 4 aliphatic rings. The minimum absolute atomic E-state index is 0.185. The van der Waals surface area contributed by atoms with Crippen molar-refractivity contribution < 1.29 is 18.3 Å². The highest BCUT2D eigenvalue weighted by Crippen LogP contribution is 2.61. The lowest BCUT2D eigenvalue weighted by atomic mass is 9.89. The van der Waals surface area contributed by atoms with Crippen LogP contribution in [-0.4, -0.2) is 67.3 Å². The van der Waals surface area contributed by atoms with Gasteiger partial charge in [-0.25, -0.2) is 13.6 Å². The third-order valence-electron chi connectivity index (χ3n) is 8.05. The highest BCUT2D eigenvalue weighted by Gasteiger charge is 2.63. The van der Waals surface area contributed by atoms with Crippen molar-refractivity contribution in [2.24, 2.45) is 5.41 Å². The summed E-state index contributed by atoms with van der Waals surface area (Å²) in [5, 5.41) is 0. The Labute approximate surface area is 202 Å². The van der Waals surface area contributed by atoms with Crippen LogP contribution in [0.3, 0.4) is 0 Å². The summed E-state index contributed by atoms with van der Waals surface area (Å²) in [5.74, 6) is -2.98. The van der Waals surface area contributed by atoms with Crippen LogP contribution in [0.4, 0.5) is 25.8 Å². The van der Waals surface area contributed by atoms with Gasteiger partial charge in [0.05, 0.1) is 31.6 Å². The molecule has 35 heavy (non-hydrogen) atoms. The molecule has 1 aromatic heterocycles. The van der Waals surface area contributed by atoms with E-state index in [9.17, 15) is 18.4 Å². The summed E-state index contributed by atoms with van der Waals surface area (Å²) in [6.45, 7) is 3.46. The molecule has 3 fully saturated rings. The van der Waals surface area contributed by atoms with Crippen molar-refractivity contribution in [3.05, 3.63) is 46.6 Å². The first kappa shape index (κ1) is 22.5. The summed E-state index contributed by atoms with van der Waals surface area (Å²) < 4.78 is 36.1. The number of fused-ring (bicyclic) bond motifs is 1. The number of piperidine rings is 1. The molecule has 1 aliphatic carbocycles. The minimum Gasteiger partial charge on any atom is -0.378 e. The molecule has 0 bridgehead atoms. The number of rotatable bonds is 4. The quantitative estimate of drug-likeness (QED) is 0.662. The van der Waals surface area contributed by atoms with E-state index in [0.29, 0.717) is 51.3 Å². The van der Waals surface area contributed by atoms with E-state index < -0.39 is 17.0 Å². The van der Waals surface area contributed by atoms with Gasteiger partial charge in [-0.15, -0.1) is 0 Å². The summed E-state index contributed by atoms with van der Waals surface area (Å²) in [6.07, 6.45) is 5.15. The maximum absolute atomic E-state index is 14.7. The second kappa shape index (κ2) is 8.29. The van der Waals surface area contributed by atoms with Gasteiger partial charge < -0.3 is 19.4 Å². The van der Waals surface area contributed by atoms with E-state index in [2.05, 4.69) is 16.0 Å². The maximum atomic E-state index is 14.7. The van der Waals surface area contributed by atoms with Crippen LogP contribution in [0.25, 0.3) is 0 Å². The molecule has 1 saturated carbocycles. The molecule has 3 aliphatic heterocycles. The predicted molar refractivity (Wildman–Crippen MR) is 127 cm³/mol. The summed E-state index contributed by atoms with van der Waals surface area (Å²) in [6, 6.07) is 5.97. The van der Waals surface area contributed by atoms with E-state index in [4.69, 9.17) is 4.74 Å². The Bertz CT molecular complexity index is 1210. The minimum atomic E-state index is -2.76. The van der Waals surface area contributed by atoms with Crippen molar-refractivity contribution in [2.45, 2.75) is 38.2 Å². The molecule has 0 N–H and O–H groups in total. The molecule has 186 valence electrons. The third kappa shape index (κ3) is 3.87. The number of hydrogen-bond donors (Lipinski definition) is 0. The number of hydrogen-bond acceptors (Lipinski definition) is 6. The Balaban J connectivity index is 1.20. The smallest absolute Gasteiger partial charge is 0.348 e. The van der Waals surface area contributed by atoms with Crippen LogP contribution >= 0.6 is 0 Å². The molecule has 1 spiro atoms. The number of carbonyl (C=O) groups excluding carboxylic acids is 1. The summed E-state index contributed by atoms with van der Waals surface area (Å²) in [5.41, 5.74) is 2.16. The number of morpholine rings is 1. The number of aromatic nitrogens is 2. The molecule has 4 heterocycles. The first-order valence-electron chi connectivity index (χ1n) is 12.3. The fourth-order valence-corrected chi connectivity index (χ4v) is 5.73. The Morgan fingerprint density at radius 2 is 1.80 bits per heavy atom. The largest absolute Gasteiger partial charge is 0.378 e. The van der Waals surface area contributed by atoms with Crippen molar-refractivity contribution in [3.8, 4) is 0 Å². The standard InChI is InChI=1S/C25H29F2N5O3/c26-25(27)17-30(9-7-24(25)5-6-24)18-14-28-23(34)31(15-18)16-22(33)32-8-4-19-20(2-1-3-21(19)32)29-10-12-35-13-11-29/h1-3,14-15H,4-13,16-17H2. The van der Waals surface area contributed by atoms with E-state index in [-0.39, 0.29) is 19.0 Å². The number of amides is 1. The van der Waals surface area contributed by atoms with E-state index in [1.165, 1.54) is 17.0 Å². The van der Waals surface area contributed by atoms with Crippen LogP contribution in [0, 0.1) is 5.41 Å². The van der Waals surface area contributed by atoms with Crippen LogP contribution in [0.1, 0.15) is 24.8 Å². The summed E-state index contributed by atoms with van der Waals surface area (Å²) in [4.78, 5) is 35.2. The summed E-state index contributed by atoms with van der Waals surface area (Å²) in [7, 11) is 0. The van der Waals surface area contributed by atoms with Gasteiger partial charge in [0.15, 0.2) is 0 Å². The van der Waals surface area contributed by atoms with Gasteiger partial charge in [0.2, 0.25) is 5.91 Å². The van der Waals surface area contributed by atoms with Gasteiger partial charge >= 0.3 is 5.69 Å². The van der Waals surface area contributed by atoms with Crippen LogP contribution in [-0.2, 0) is 22.5 Å². The van der Waals surface area contributed by atoms with Gasteiger partial charge in [0.25, 0.3) is 5.92 Å². The maximum Gasteiger partial charge on any atom is 0.348 e. The molecule has 1 amide bonds. The van der Waals surface area contributed by atoms with Crippen LogP contribution in [0.2, 0.25) is 0 Å². The number of halogens is 2. The Morgan fingerprint density at radius 3 is 2.54 bits per heavy atom. The Hall–Kier alpha value is -3.01. The highest BCUT2D eigenvalue weighted by molar-refractivity contribution is 5.96. The topological polar surface area (TPSA) is 70.9 Å². The molecule has 0 radical (unpaired) electrons. The van der Waals surface area contributed by atoms with E-state index in [1.54, 1.807) is 9.80 Å². The Kier molecular flexibility index (Phi) is 5.32. The van der Waals surface area contributed by atoms with Crippen LogP contribution < -0.4 is 20.4 Å². The van der Waals surface area contributed by atoms with Crippen LogP contribution in [0.15, 0.2) is 35.4 Å². The molecule has 0 unspecified atom stereocenters. The normalized spacial score (nSPS) is 22.4. The molecular formula is C25H29F2N5O3. The van der Waals surface area contributed by atoms with E-state index >= 15 is 0 Å². The first-order chi connectivity index (χ1) is 16.9. The highest BCUT2D eigenvalue weighted by atomic mass is 19.3. The zero-order valence-corrected chi connectivity index (χ0v) is 19.6. The van der Waals surface area contributed by atoms with Crippen molar-refractivity contribution in [3.63, 3.8) is 0 Å². The van der Waals surface area contributed by atoms with Gasteiger partial charge in [-0.2, -0.15) is 4.98 Å². The van der Waals surface area contributed by atoms with Crippen molar-refractivity contribution in [2.75, 3.05) is 60.6 Å². The molecule has 10 heteroatoms. The third-order valence-corrected chi connectivity index (χ3v) is 8.05. The van der Waals surface area contributed by atoms with Crippen molar-refractivity contribution >= 4 is 23.0 Å². The van der Waals surface area contributed by atoms with Gasteiger partial charge in [0.1, 0.15) is 6.54 Å². The summed E-state index contributed by atoms with van der Waals surface area (Å²) >= 11 is 0. The second-order valence-electron chi connectivity index (χ2n) is 10.0. The fourth-order valence-electron chi connectivity index (χ4n) is 5.73. The number of anilines is 3. The molecule has 0 atom stereocenters. The molecule has 1 aromatic carbocycles. The lowest BCUT2D eigenvalue weighted by molar-refractivity contribution is -0.119. The number of ether oxygens (including phenoxy) is 1. The van der Waals surface area contributed by atoms with Gasteiger partial charge in [-0.05, 0) is 37.8 Å². The number of nitrogens with zero attached hydrogens (tertiary/aromatic N) is 5. The monoisotopic (exact) mass is 485 g/mol. The van der Waals surface area contributed by atoms with Gasteiger partial charge in [-0.1, -0.05) is 6.07 Å². The average molecular weight is 486 g/mol. The van der Waals surface area contributed by atoms with E-state index in [1.807, 2.05) is 12.1 Å². The number of alkyl halides is 2. The molecule has 2 saturated heterocycles. The van der Waals surface area contributed by atoms with Crippen LogP contribution in [0.5, 0.6) is 0 Å². The zero-order valence-electron chi connectivity index (χ0n) is 19.6. The molecule has 6 rings (SSSR count). The average Bonchev–Trinajstić information content (AvgIpc) is 3.53. The lowest BCUT2D eigenvalue weighted by Crippen LogP contribution is -2.50. The van der Waals surface area contributed by atoms with E-state index in [0.717, 1.165) is 36.4 Å².